The summed E-state index contributed by atoms with van der Waals surface area (Å²) in [7, 11) is 2.76. The molecule has 1 aromatic heterocycles. The maximum absolute atomic E-state index is 12.0. The molecule has 38 heavy (non-hydrogen) atoms. The maximum atomic E-state index is 12.0. The number of carbonyl (C=O) groups is 4. The van der Waals surface area contributed by atoms with E-state index in [0.717, 1.165) is 5.03 Å². The summed E-state index contributed by atoms with van der Waals surface area (Å²) < 4.78 is 33.5. The molecule has 1 fully saturated rings. The Labute approximate surface area is 229 Å². The lowest BCUT2D eigenvalue weighted by Gasteiger charge is -2.44. The number of esters is 4. The van der Waals surface area contributed by atoms with Gasteiger partial charge in [0.25, 0.3) is 0 Å². The SMILES string of the molecule is CC(=O)OC1C(OC(C)=O)[C@@H](OC(C)=O)C(CSSc2ccccn2)O[C@@H]1OC[C@H](N)C[C@@H](C)OC(C)=O. The highest BCUT2D eigenvalue weighted by molar-refractivity contribution is 8.76. The van der Waals surface area contributed by atoms with Crippen molar-refractivity contribution in [1.82, 2.24) is 4.98 Å². The Balaban J connectivity index is 2.24. The fraction of sp³-hybridized carbons (Fsp3) is 0.625. The number of ether oxygens (including phenoxy) is 6. The monoisotopic (exact) mass is 574 g/mol. The lowest BCUT2D eigenvalue weighted by atomic mass is 9.98. The minimum absolute atomic E-state index is 0.0540. The summed E-state index contributed by atoms with van der Waals surface area (Å²) in [5.74, 6) is -2.14. The molecule has 1 saturated heterocycles. The number of carbonyl (C=O) groups excluding carboxylic acids is 4. The molecule has 0 saturated carbocycles. The predicted molar refractivity (Wildman–Crippen MR) is 138 cm³/mol. The Kier molecular flexibility index (Phi) is 13.3. The highest BCUT2D eigenvalue weighted by atomic mass is 33.1. The van der Waals surface area contributed by atoms with Crippen LogP contribution in [0.3, 0.4) is 0 Å². The number of nitrogens with two attached hydrogens (primary N) is 1. The second kappa shape index (κ2) is 15.9. The molecule has 14 heteroatoms. The van der Waals surface area contributed by atoms with Gasteiger partial charge < -0.3 is 34.2 Å². The molecule has 0 amide bonds. The summed E-state index contributed by atoms with van der Waals surface area (Å²) in [4.78, 5) is 51.3. The zero-order valence-corrected chi connectivity index (χ0v) is 23.5. The van der Waals surface area contributed by atoms with E-state index in [1.54, 1.807) is 19.2 Å². The van der Waals surface area contributed by atoms with Crippen molar-refractivity contribution >= 4 is 45.5 Å². The molecule has 0 spiro atoms. The van der Waals surface area contributed by atoms with Gasteiger partial charge in [0.1, 0.15) is 17.2 Å². The Bertz CT molecular complexity index is 938. The topological polar surface area (TPSA) is 163 Å². The molecule has 0 radical (unpaired) electrons. The summed E-state index contributed by atoms with van der Waals surface area (Å²) in [5, 5.41) is 0.757. The Morgan fingerprint density at radius 1 is 0.974 bits per heavy atom. The lowest BCUT2D eigenvalue weighted by molar-refractivity contribution is -0.300. The van der Waals surface area contributed by atoms with E-state index in [9.17, 15) is 19.2 Å². The molecule has 1 aliphatic heterocycles. The van der Waals surface area contributed by atoms with Gasteiger partial charge in [0.05, 0.1) is 6.61 Å². The minimum atomic E-state index is -1.25. The van der Waals surface area contributed by atoms with Gasteiger partial charge in [-0.2, -0.15) is 0 Å². The number of hydrogen-bond donors (Lipinski definition) is 1. The molecule has 212 valence electrons. The van der Waals surface area contributed by atoms with E-state index < -0.39 is 66.7 Å². The van der Waals surface area contributed by atoms with E-state index in [1.165, 1.54) is 49.3 Å². The molecule has 0 aliphatic carbocycles. The van der Waals surface area contributed by atoms with Crippen LogP contribution >= 0.6 is 21.6 Å². The molecule has 1 aliphatic rings. The van der Waals surface area contributed by atoms with Crippen LogP contribution in [0.2, 0.25) is 0 Å². The summed E-state index contributed by atoms with van der Waals surface area (Å²) in [6.45, 7) is 6.53. The van der Waals surface area contributed by atoms with Gasteiger partial charge >= 0.3 is 23.9 Å². The van der Waals surface area contributed by atoms with Gasteiger partial charge in [-0.05, 0) is 29.9 Å². The first-order valence-corrected chi connectivity index (χ1v) is 14.2. The highest BCUT2D eigenvalue weighted by Crippen LogP contribution is 2.36. The quantitative estimate of drug-likeness (QED) is 0.207. The van der Waals surface area contributed by atoms with Crippen LogP contribution in [0.15, 0.2) is 29.4 Å². The Hall–Kier alpha value is -2.39. The van der Waals surface area contributed by atoms with E-state index in [2.05, 4.69) is 4.98 Å². The van der Waals surface area contributed by atoms with E-state index >= 15 is 0 Å². The maximum Gasteiger partial charge on any atom is 0.303 e. The van der Waals surface area contributed by atoms with E-state index in [4.69, 9.17) is 34.2 Å². The molecule has 2 heterocycles. The van der Waals surface area contributed by atoms with Crippen LogP contribution in [0.5, 0.6) is 0 Å². The van der Waals surface area contributed by atoms with E-state index in [1.807, 2.05) is 12.1 Å². The first kappa shape index (κ1) is 31.8. The van der Waals surface area contributed by atoms with Crippen LogP contribution in [0.4, 0.5) is 0 Å². The standard InChI is InChI=1S/C24H34N2O10S2/c1-13(32-14(2)27)10-18(25)11-31-24-23(35-17(5)30)22(34-16(4)29)21(33-15(3)28)19(36-24)12-37-38-20-8-6-7-9-26-20/h6-9,13,18-19,21-24H,10-12,25H2,1-5H3/t13-,18-,19?,21+,22?,23?,24+/m1/s1. The summed E-state index contributed by atoms with van der Waals surface area (Å²) in [6, 6.07) is 4.93. The van der Waals surface area contributed by atoms with Gasteiger partial charge in [0.15, 0.2) is 24.6 Å². The van der Waals surface area contributed by atoms with E-state index in [-0.39, 0.29) is 12.4 Å². The van der Waals surface area contributed by atoms with Crippen LogP contribution < -0.4 is 5.73 Å². The molecule has 3 unspecified atom stereocenters. The van der Waals surface area contributed by atoms with Gasteiger partial charge in [0, 0.05) is 52.1 Å². The molecule has 0 bridgehead atoms. The molecule has 0 aromatic carbocycles. The summed E-state index contributed by atoms with van der Waals surface area (Å²) in [6.07, 6.45) is -4.03. The van der Waals surface area contributed by atoms with Crippen molar-refractivity contribution in [2.45, 2.75) is 88.9 Å². The third-order valence-electron chi connectivity index (χ3n) is 4.99. The normalized spacial score (nSPS) is 24.5. The number of nitrogens with zero attached hydrogens (tertiary/aromatic N) is 1. The Morgan fingerprint density at radius 3 is 2.18 bits per heavy atom. The number of pyridine rings is 1. The molecule has 2 N–H and O–H groups in total. The molecule has 12 nitrogen and oxygen atoms in total. The van der Waals surface area contributed by atoms with Crippen molar-refractivity contribution < 1.29 is 47.6 Å². The molecule has 7 atom stereocenters. The zero-order chi connectivity index (χ0) is 28.2. The van der Waals surface area contributed by atoms with Crippen LogP contribution in [0.25, 0.3) is 0 Å². The summed E-state index contributed by atoms with van der Waals surface area (Å²) >= 11 is 0. The van der Waals surface area contributed by atoms with Crippen molar-refractivity contribution in [3.63, 3.8) is 0 Å². The van der Waals surface area contributed by atoms with Gasteiger partial charge in [-0.15, -0.1) is 0 Å². The van der Waals surface area contributed by atoms with Gasteiger partial charge in [0.2, 0.25) is 0 Å². The van der Waals surface area contributed by atoms with Crippen molar-refractivity contribution in [3.05, 3.63) is 24.4 Å². The summed E-state index contributed by atoms with van der Waals surface area (Å²) in [5.41, 5.74) is 6.15. The van der Waals surface area contributed by atoms with Crippen LogP contribution in [0, 0.1) is 0 Å². The average molecular weight is 575 g/mol. The lowest BCUT2D eigenvalue weighted by Crippen LogP contribution is -2.62. The second-order valence-electron chi connectivity index (χ2n) is 8.55. The second-order valence-corrected chi connectivity index (χ2v) is 10.9. The molecular formula is C24H34N2O10S2. The van der Waals surface area contributed by atoms with Gasteiger partial charge in [-0.3, -0.25) is 19.2 Å². The third-order valence-corrected chi connectivity index (χ3v) is 7.26. The average Bonchev–Trinajstić information content (AvgIpc) is 2.80. The zero-order valence-electron chi connectivity index (χ0n) is 21.9. The smallest absolute Gasteiger partial charge is 0.303 e. The fourth-order valence-corrected chi connectivity index (χ4v) is 5.82. The predicted octanol–water partition coefficient (Wildman–Crippen LogP) is 2.03. The van der Waals surface area contributed by atoms with Crippen molar-refractivity contribution in [2.75, 3.05) is 12.4 Å². The number of hydrogen-bond acceptors (Lipinski definition) is 14. The van der Waals surface area contributed by atoms with Crippen molar-refractivity contribution in [1.29, 1.82) is 0 Å². The Morgan fingerprint density at radius 2 is 1.61 bits per heavy atom. The van der Waals surface area contributed by atoms with Crippen LogP contribution in [-0.2, 0) is 47.6 Å². The first-order chi connectivity index (χ1) is 18.0. The number of aromatic nitrogens is 1. The highest BCUT2D eigenvalue weighted by Gasteiger charge is 2.52. The van der Waals surface area contributed by atoms with Crippen LogP contribution in [-0.4, -0.2) is 84.1 Å². The van der Waals surface area contributed by atoms with Gasteiger partial charge in [-0.25, -0.2) is 4.98 Å². The van der Waals surface area contributed by atoms with Gasteiger partial charge in [-0.1, -0.05) is 16.9 Å². The molecule has 2 rings (SSSR count). The largest absolute Gasteiger partial charge is 0.463 e. The number of rotatable bonds is 13. The van der Waals surface area contributed by atoms with Crippen molar-refractivity contribution in [2.24, 2.45) is 5.73 Å². The first-order valence-electron chi connectivity index (χ1n) is 11.9. The van der Waals surface area contributed by atoms with Crippen molar-refractivity contribution in [3.8, 4) is 0 Å². The van der Waals surface area contributed by atoms with Crippen LogP contribution in [0.1, 0.15) is 41.0 Å². The minimum Gasteiger partial charge on any atom is -0.463 e. The fourth-order valence-electron chi connectivity index (χ4n) is 3.73. The molecule has 1 aromatic rings. The molecular weight excluding hydrogens is 540 g/mol. The third kappa shape index (κ3) is 11.2. The van der Waals surface area contributed by atoms with E-state index in [0.29, 0.717) is 6.42 Å².